The van der Waals surface area contributed by atoms with Gasteiger partial charge < -0.3 is 28.8 Å². The Morgan fingerprint density at radius 1 is 1.00 bits per heavy atom. The Hall–Kier alpha value is -2.42. The average molecular weight is 436 g/mol. The van der Waals surface area contributed by atoms with Gasteiger partial charge in [0, 0.05) is 50.0 Å². The Morgan fingerprint density at radius 3 is 2.32 bits per heavy atom. The standard InChI is InChI=1S/C23H26F2O6/c1-27-12-29-16-5-3-14(4-6-16)21-20-10-23(24,25)9-19(20)18-8-17(30-13-28-2)7-15(11-26)22(18)31-21/h3-8,19-21,26H,9-13H2,1-2H3/t19-,20-,21-/m1/s1. The van der Waals surface area contributed by atoms with Gasteiger partial charge in [-0.05, 0) is 29.8 Å². The lowest BCUT2D eigenvalue weighted by Crippen LogP contribution is -2.27. The smallest absolute Gasteiger partial charge is 0.249 e. The Labute approximate surface area is 179 Å². The summed E-state index contributed by atoms with van der Waals surface area (Å²) in [7, 11) is 3.03. The zero-order chi connectivity index (χ0) is 22.0. The summed E-state index contributed by atoms with van der Waals surface area (Å²) in [4.78, 5) is 0. The number of ether oxygens (including phenoxy) is 5. The Kier molecular flexibility index (Phi) is 6.31. The zero-order valence-corrected chi connectivity index (χ0v) is 17.5. The van der Waals surface area contributed by atoms with E-state index in [-0.39, 0.29) is 33.0 Å². The summed E-state index contributed by atoms with van der Waals surface area (Å²) in [6.07, 6.45) is -1.09. The number of aliphatic hydroxyl groups is 1. The summed E-state index contributed by atoms with van der Waals surface area (Å²) in [5, 5.41) is 9.92. The molecule has 8 heteroatoms. The first kappa shape index (κ1) is 21.8. The van der Waals surface area contributed by atoms with Gasteiger partial charge in [-0.1, -0.05) is 12.1 Å². The van der Waals surface area contributed by atoms with Crippen LogP contribution in [0.15, 0.2) is 36.4 Å². The lowest BCUT2D eigenvalue weighted by atomic mass is 9.79. The Bertz CT molecular complexity index is 902. The molecule has 1 aliphatic carbocycles. The van der Waals surface area contributed by atoms with Crippen LogP contribution in [-0.4, -0.2) is 38.8 Å². The molecule has 2 aliphatic rings. The number of hydrogen-bond donors (Lipinski definition) is 1. The molecule has 3 atom stereocenters. The molecule has 0 amide bonds. The molecular formula is C23H26F2O6. The van der Waals surface area contributed by atoms with Gasteiger partial charge >= 0.3 is 0 Å². The number of fused-ring (bicyclic) bond motifs is 3. The molecule has 168 valence electrons. The number of hydrogen-bond acceptors (Lipinski definition) is 6. The monoisotopic (exact) mass is 436 g/mol. The van der Waals surface area contributed by atoms with Gasteiger partial charge in [0.25, 0.3) is 0 Å². The third kappa shape index (κ3) is 4.46. The maximum atomic E-state index is 14.5. The predicted octanol–water partition coefficient (Wildman–Crippen LogP) is 4.41. The van der Waals surface area contributed by atoms with E-state index >= 15 is 0 Å². The number of alkyl halides is 2. The molecule has 31 heavy (non-hydrogen) atoms. The average Bonchev–Trinajstić information content (AvgIpc) is 3.10. The van der Waals surface area contributed by atoms with Crippen molar-refractivity contribution in [2.24, 2.45) is 5.92 Å². The molecule has 1 fully saturated rings. The third-order valence-corrected chi connectivity index (χ3v) is 5.84. The lowest BCUT2D eigenvalue weighted by Gasteiger charge is -2.37. The van der Waals surface area contributed by atoms with E-state index < -0.39 is 23.9 Å². The number of benzene rings is 2. The van der Waals surface area contributed by atoms with Crippen LogP contribution in [0.4, 0.5) is 8.78 Å². The summed E-state index contributed by atoms with van der Waals surface area (Å²) in [6, 6.07) is 10.6. The molecule has 1 N–H and O–H groups in total. The van der Waals surface area contributed by atoms with Gasteiger partial charge in [-0.15, -0.1) is 0 Å². The van der Waals surface area contributed by atoms with E-state index in [0.29, 0.717) is 28.4 Å². The van der Waals surface area contributed by atoms with E-state index in [2.05, 4.69) is 0 Å². The van der Waals surface area contributed by atoms with Gasteiger partial charge in [0.15, 0.2) is 13.6 Å². The van der Waals surface area contributed by atoms with Crippen molar-refractivity contribution < 1.29 is 37.6 Å². The molecule has 0 unspecified atom stereocenters. The van der Waals surface area contributed by atoms with Crippen LogP contribution in [0.5, 0.6) is 17.2 Å². The summed E-state index contributed by atoms with van der Waals surface area (Å²) in [5.41, 5.74) is 1.94. The highest BCUT2D eigenvalue weighted by Gasteiger charge is 2.53. The SMILES string of the molecule is COCOc1ccc([C@H]2Oc3c(CO)cc(OCOC)cc3[C@H]3CC(F)(F)C[C@H]32)cc1. The van der Waals surface area contributed by atoms with E-state index in [4.69, 9.17) is 23.7 Å². The van der Waals surface area contributed by atoms with E-state index in [1.54, 1.807) is 24.3 Å². The van der Waals surface area contributed by atoms with Crippen molar-refractivity contribution in [3.05, 3.63) is 53.1 Å². The van der Waals surface area contributed by atoms with E-state index in [9.17, 15) is 13.9 Å². The Morgan fingerprint density at radius 2 is 1.68 bits per heavy atom. The molecule has 6 nitrogen and oxygen atoms in total. The summed E-state index contributed by atoms with van der Waals surface area (Å²) in [5.74, 6) is -2.08. The maximum Gasteiger partial charge on any atom is 0.249 e. The highest BCUT2D eigenvalue weighted by Crippen LogP contribution is 2.59. The maximum absolute atomic E-state index is 14.5. The first-order valence-electron chi connectivity index (χ1n) is 10.1. The molecule has 1 aliphatic heterocycles. The van der Waals surface area contributed by atoms with Crippen molar-refractivity contribution in [1.29, 1.82) is 0 Å². The van der Waals surface area contributed by atoms with Crippen LogP contribution in [0.2, 0.25) is 0 Å². The second kappa shape index (κ2) is 8.98. The quantitative estimate of drug-likeness (QED) is 0.619. The van der Waals surface area contributed by atoms with Crippen LogP contribution in [0.25, 0.3) is 0 Å². The van der Waals surface area contributed by atoms with Crippen molar-refractivity contribution in [2.45, 2.75) is 37.4 Å². The molecule has 0 radical (unpaired) electrons. The first-order valence-corrected chi connectivity index (χ1v) is 10.1. The molecule has 0 bridgehead atoms. The van der Waals surface area contributed by atoms with Gasteiger partial charge in [-0.2, -0.15) is 0 Å². The predicted molar refractivity (Wildman–Crippen MR) is 108 cm³/mol. The number of aliphatic hydroxyl groups excluding tert-OH is 1. The van der Waals surface area contributed by atoms with Gasteiger partial charge in [-0.25, -0.2) is 8.78 Å². The highest BCUT2D eigenvalue weighted by atomic mass is 19.3. The molecule has 2 aromatic rings. The molecule has 0 saturated heterocycles. The molecular weight excluding hydrogens is 410 g/mol. The van der Waals surface area contributed by atoms with Crippen molar-refractivity contribution in [2.75, 3.05) is 27.8 Å². The van der Waals surface area contributed by atoms with Crippen molar-refractivity contribution in [1.82, 2.24) is 0 Å². The van der Waals surface area contributed by atoms with Crippen LogP contribution in [-0.2, 0) is 16.1 Å². The fourth-order valence-corrected chi connectivity index (χ4v) is 4.54. The molecule has 1 saturated carbocycles. The minimum absolute atomic E-state index is 0.0227. The zero-order valence-electron chi connectivity index (χ0n) is 17.5. The third-order valence-electron chi connectivity index (χ3n) is 5.84. The summed E-state index contributed by atoms with van der Waals surface area (Å²) in [6.45, 7) is -0.150. The fourth-order valence-electron chi connectivity index (χ4n) is 4.54. The number of methoxy groups -OCH3 is 2. The lowest BCUT2D eigenvalue weighted by molar-refractivity contribution is -0.00245. The summed E-state index contributed by atoms with van der Waals surface area (Å²) >= 11 is 0. The van der Waals surface area contributed by atoms with Crippen molar-refractivity contribution in [3.8, 4) is 17.2 Å². The topological polar surface area (TPSA) is 66.4 Å². The van der Waals surface area contributed by atoms with Crippen LogP contribution in [0.1, 0.15) is 41.6 Å². The fraction of sp³-hybridized carbons (Fsp3) is 0.478. The minimum atomic E-state index is -2.79. The van der Waals surface area contributed by atoms with Crippen LogP contribution in [0, 0.1) is 5.92 Å². The van der Waals surface area contributed by atoms with Crippen LogP contribution in [0.3, 0.4) is 0 Å². The molecule has 0 spiro atoms. The normalized spacial score (nSPS) is 23.6. The van der Waals surface area contributed by atoms with Crippen molar-refractivity contribution >= 4 is 0 Å². The van der Waals surface area contributed by atoms with E-state index in [1.807, 2.05) is 12.1 Å². The van der Waals surface area contributed by atoms with Crippen molar-refractivity contribution in [3.63, 3.8) is 0 Å². The molecule has 1 heterocycles. The van der Waals surface area contributed by atoms with Gasteiger partial charge in [0.1, 0.15) is 23.4 Å². The summed E-state index contributed by atoms with van der Waals surface area (Å²) < 4.78 is 56.1. The molecule has 2 aromatic carbocycles. The molecule has 0 aromatic heterocycles. The van der Waals surface area contributed by atoms with E-state index in [0.717, 1.165) is 5.56 Å². The van der Waals surface area contributed by atoms with Gasteiger partial charge in [0.2, 0.25) is 5.92 Å². The first-order chi connectivity index (χ1) is 15.0. The number of halogens is 2. The second-order valence-corrected chi connectivity index (χ2v) is 7.90. The second-order valence-electron chi connectivity index (χ2n) is 7.90. The van der Waals surface area contributed by atoms with Gasteiger partial charge in [0.05, 0.1) is 6.61 Å². The van der Waals surface area contributed by atoms with Gasteiger partial charge in [-0.3, -0.25) is 0 Å². The minimum Gasteiger partial charge on any atom is -0.485 e. The van der Waals surface area contributed by atoms with Crippen LogP contribution < -0.4 is 14.2 Å². The number of rotatable bonds is 8. The molecule has 4 rings (SSSR count). The Balaban J connectivity index is 1.71. The van der Waals surface area contributed by atoms with E-state index in [1.165, 1.54) is 14.2 Å². The highest BCUT2D eigenvalue weighted by molar-refractivity contribution is 5.52. The largest absolute Gasteiger partial charge is 0.485 e. The van der Waals surface area contributed by atoms with Crippen LogP contribution >= 0.6 is 0 Å².